The van der Waals surface area contributed by atoms with Gasteiger partial charge in [-0.2, -0.15) is 10.1 Å². The minimum Gasteiger partial charge on any atom is -0.494 e. The van der Waals surface area contributed by atoms with Crippen LogP contribution in [0.4, 0.5) is 28.8 Å². The van der Waals surface area contributed by atoms with Crippen molar-refractivity contribution in [2.75, 3.05) is 83.2 Å². The van der Waals surface area contributed by atoms with Gasteiger partial charge in [0.1, 0.15) is 16.3 Å². The molecule has 16 heteroatoms. The fourth-order valence-electron chi connectivity index (χ4n) is 6.88. The molecule has 0 spiro atoms. The number of hydrogen-bond acceptors (Lipinski definition) is 13. The number of halogens is 1. The first kappa shape index (κ1) is 35.2. The highest BCUT2D eigenvalue weighted by Gasteiger charge is 2.29. The summed E-state index contributed by atoms with van der Waals surface area (Å²) in [5, 5.41) is 12.3. The first-order chi connectivity index (χ1) is 24.8. The molecule has 5 heterocycles. The number of nitrogens with zero attached hydrogens (tertiary/aromatic N) is 9. The number of piperazine rings is 1. The number of methoxy groups -OCH3 is 1. The largest absolute Gasteiger partial charge is 0.494 e. The molecule has 3 aromatic heterocycles. The van der Waals surface area contributed by atoms with Crippen molar-refractivity contribution in [1.82, 2.24) is 39.5 Å². The second kappa shape index (κ2) is 15.6. The molecule has 2 aromatic carbocycles. The van der Waals surface area contributed by atoms with Crippen LogP contribution in [0.2, 0.25) is 5.02 Å². The molecule has 0 amide bonds. The van der Waals surface area contributed by atoms with Crippen molar-refractivity contribution in [2.45, 2.75) is 18.9 Å². The number of anilines is 5. The van der Waals surface area contributed by atoms with E-state index in [1.807, 2.05) is 36.3 Å². The minimum atomic E-state index is -1.47. The van der Waals surface area contributed by atoms with Gasteiger partial charge in [-0.05, 0) is 38.1 Å². The predicted octanol–water partition coefficient (Wildman–Crippen LogP) is 5.42. The fraction of sp³-hybridized carbons (Fsp3) is 0.400. The lowest BCUT2D eigenvalue weighted by atomic mass is 9.98. The Morgan fingerprint density at radius 3 is 2.33 bits per heavy atom. The molecule has 2 saturated heterocycles. The quantitative estimate of drug-likeness (QED) is 0.168. The highest BCUT2D eigenvalue weighted by molar-refractivity contribution is 7.57. The maximum Gasteiger partial charge on any atom is 0.229 e. The van der Waals surface area contributed by atoms with Crippen LogP contribution < -0.4 is 25.6 Å². The van der Waals surface area contributed by atoms with Crippen LogP contribution in [0.3, 0.4) is 0 Å². The first-order valence-electron chi connectivity index (χ1n) is 16.9. The Bertz CT molecular complexity index is 1980. The van der Waals surface area contributed by atoms with E-state index in [1.165, 1.54) is 0 Å². The summed E-state index contributed by atoms with van der Waals surface area (Å²) in [5.74, 6) is 1.40. The van der Waals surface area contributed by atoms with Crippen LogP contribution in [0, 0.1) is 0 Å². The van der Waals surface area contributed by atoms with Gasteiger partial charge in [0, 0.05) is 108 Å². The molecule has 7 rings (SSSR count). The van der Waals surface area contributed by atoms with E-state index < -0.39 is 8.38 Å². The third-order valence-corrected chi connectivity index (χ3v) is 11.3. The maximum absolute atomic E-state index is 6.66. The number of aromatic nitrogens is 6. The van der Waals surface area contributed by atoms with Crippen molar-refractivity contribution in [3.05, 3.63) is 60.3 Å². The minimum absolute atomic E-state index is 0.334. The fourth-order valence-corrected chi connectivity index (χ4v) is 8.20. The summed E-state index contributed by atoms with van der Waals surface area (Å²) in [5.41, 5.74) is 5.95. The van der Waals surface area contributed by atoms with Gasteiger partial charge in [0.25, 0.3) is 0 Å². The summed E-state index contributed by atoms with van der Waals surface area (Å²) < 4.78 is 19.2. The molecular weight excluding hydrogens is 689 g/mol. The van der Waals surface area contributed by atoms with Gasteiger partial charge in [0.15, 0.2) is 5.82 Å². The Hall–Kier alpha value is -4.17. The average molecular weight is 732 g/mol. The van der Waals surface area contributed by atoms with Crippen molar-refractivity contribution in [3.63, 3.8) is 0 Å². The number of fused-ring (bicyclic) bond motifs is 1. The standard InChI is InChI=1S/C35H43ClN11O3P/c1-44-14-16-46(17-15-44)24-8-12-47(13-9-24)30-19-31(48-3)29(18-25(30)23-20-40-45(2)22-23)42-35-39-21-26(36)34(43-35)41-28-7-6-27-32(38-11-10-37-27)33(28)51(49-4)50-5/h6-7,10-11,18-22,24H,8-9,12-17H2,1-5H3,(H2,39,41,42,43). The predicted molar refractivity (Wildman–Crippen MR) is 203 cm³/mol. The van der Waals surface area contributed by atoms with E-state index in [-0.39, 0.29) is 0 Å². The number of piperidine rings is 1. The SMILES string of the molecule is COc1cc(N2CCC(N3CCN(C)CC3)CC2)c(-c2cnn(C)c2)cc1Nc1ncc(Cl)c(Nc2ccc3nccnc3c2P(OC)OC)n1. The molecule has 0 bridgehead atoms. The Labute approximate surface area is 304 Å². The van der Waals surface area contributed by atoms with Crippen molar-refractivity contribution >= 4 is 65.1 Å². The number of nitrogens with one attached hydrogen (secondary N) is 2. The average Bonchev–Trinajstić information content (AvgIpc) is 3.60. The van der Waals surface area contributed by atoms with E-state index >= 15 is 0 Å². The summed E-state index contributed by atoms with van der Waals surface area (Å²) in [4.78, 5) is 25.9. The van der Waals surface area contributed by atoms with Crippen molar-refractivity contribution < 1.29 is 13.8 Å². The molecule has 0 aliphatic carbocycles. The maximum atomic E-state index is 6.66. The van der Waals surface area contributed by atoms with E-state index in [9.17, 15) is 0 Å². The van der Waals surface area contributed by atoms with Crippen LogP contribution in [0.25, 0.3) is 22.2 Å². The number of aryl methyl sites for hydroxylation is 1. The summed E-state index contributed by atoms with van der Waals surface area (Å²) >= 11 is 6.66. The number of hydrogen-bond donors (Lipinski definition) is 2. The number of likely N-dealkylation sites (N-methyl/N-ethyl adjacent to an activating group) is 1. The molecule has 0 saturated carbocycles. The van der Waals surface area contributed by atoms with Gasteiger partial charge in [0.2, 0.25) is 14.3 Å². The van der Waals surface area contributed by atoms with Gasteiger partial charge in [-0.3, -0.25) is 19.5 Å². The van der Waals surface area contributed by atoms with Crippen LogP contribution in [0.15, 0.2) is 55.2 Å². The Morgan fingerprint density at radius 1 is 0.863 bits per heavy atom. The normalized spacial score (nSPS) is 16.3. The van der Waals surface area contributed by atoms with E-state index in [0.29, 0.717) is 45.5 Å². The molecule has 51 heavy (non-hydrogen) atoms. The van der Waals surface area contributed by atoms with Gasteiger partial charge in [-0.1, -0.05) is 11.6 Å². The number of ether oxygens (including phenoxy) is 1. The van der Waals surface area contributed by atoms with Gasteiger partial charge < -0.3 is 34.2 Å². The highest BCUT2D eigenvalue weighted by Crippen LogP contribution is 2.43. The summed E-state index contributed by atoms with van der Waals surface area (Å²) in [6, 6.07) is 8.58. The van der Waals surface area contributed by atoms with Crippen molar-refractivity contribution in [1.29, 1.82) is 0 Å². The monoisotopic (exact) mass is 731 g/mol. The molecule has 5 aromatic rings. The zero-order chi connectivity index (χ0) is 35.5. The van der Waals surface area contributed by atoms with E-state index in [1.54, 1.807) is 39.9 Å². The lowest BCUT2D eigenvalue weighted by Gasteiger charge is -2.43. The highest BCUT2D eigenvalue weighted by atomic mass is 35.5. The van der Waals surface area contributed by atoms with Crippen molar-refractivity contribution in [3.8, 4) is 16.9 Å². The molecule has 268 valence electrons. The smallest absolute Gasteiger partial charge is 0.229 e. The second-order valence-electron chi connectivity index (χ2n) is 12.7. The summed E-state index contributed by atoms with van der Waals surface area (Å²) in [6.45, 7) is 6.47. The zero-order valence-corrected chi connectivity index (χ0v) is 31.2. The molecule has 2 fully saturated rings. The summed E-state index contributed by atoms with van der Waals surface area (Å²) in [7, 11) is 7.54. The second-order valence-corrected chi connectivity index (χ2v) is 14.8. The molecule has 2 aliphatic heterocycles. The molecule has 0 radical (unpaired) electrons. The van der Waals surface area contributed by atoms with Crippen LogP contribution in [0.5, 0.6) is 5.75 Å². The van der Waals surface area contributed by atoms with Crippen LogP contribution >= 0.6 is 20.0 Å². The molecular formula is C35H43ClN11O3P. The van der Waals surface area contributed by atoms with E-state index in [0.717, 1.165) is 79.7 Å². The molecule has 0 atom stereocenters. The third kappa shape index (κ3) is 7.57. The van der Waals surface area contributed by atoms with Crippen LogP contribution in [0.1, 0.15) is 12.8 Å². The van der Waals surface area contributed by atoms with Gasteiger partial charge >= 0.3 is 0 Å². The molecule has 2 N–H and O–H groups in total. The van der Waals surface area contributed by atoms with Gasteiger partial charge in [0.05, 0.1) is 41.7 Å². The number of rotatable bonds is 11. The molecule has 14 nitrogen and oxygen atoms in total. The van der Waals surface area contributed by atoms with Gasteiger partial charge in [-0.25, -0.2) is 4.98 Å². The van der Waals surface area contributed by atoms with Gasteiger partial charge in [-0.15, -0.1) is 0 Å². The molecule has 0 unspecified atom stereocenters. The lowest BCUT2D eigenvalue weighted by molar-refractivity contribution is 0.0982. The van der Waals surface area contributed by atoms with E-state index in [2.05, 4.69) is 64.6 Å². The van der Waals surface area contributed by atoms with Crippen LogP contribution in [-0.4, -0.2) is 113 Å². The van der Waals surface area contributed by atoms with E-state index in [4.69, 9.17) is 30.4 Å². The third-order valence-electron chi connectivity index (χ3n) is 9.56. The summed E-state index contributed by atoms with van der Waals surface area (Å²) in [6.07, 6.45) is 11.0. The van der Waals surface area contributed by atoms with Crippen LogP contribution in [-0.2, 0) is 16.1 Å². The lowest BCUT2D eigenvalue weighted by Crippen LogP contribution is -2.52. The first-order valence-corrected chi connectivity index (χ1v) is 18.5. The molecule has 2 aliphatic rings. The topological polar surface area (TPSA) is 131 Å². The Morgan fingerprint density at radius 2 is 1.63 bits per heavy atom. The Balaban J connectivity index is 1.18. The van der Waals surface area contributed by atoms with Crippen molar-refractivity contribution in [2.24, 2.45) is 7.05 Å². The Kier molecular flexibility index (Phi) is 10.8. The number of benzene rings is 2. The zero-order valence-electron chi connectivity index (χ0n) is 29.5.